The summed E-state index contributed by atoms with van der Waals surface area (Å²) >= 11 is 2.03. The highest BCUT2D eigenvalue weighted by Crippen LogP contribution is 2.43. The van der Waals surface area contributed by atoms with E-state index in [0.717, 1.165) is 19.3 Å². The minimum Gasteiger partial charge on any atom is -0.331 e. The van der Waals surface area contributed by atoms with Crippen molar-refractivity contribution < 1.29 is 14.4 Å². The Morgan fingerprint density at radius 2 is 1.94 bits per heavy atom. The molecule has 3 saturated heterocycles. The number of rotatable bonds is 5. The molecule has 4 amide bonds. The summed E-state index contributed by atoms with van der Waals surface area (Å²) in [5, 5.41) is 9.17. The number of nitriles is 1. The Hall–Kier alpha value is -2.93. The van der Waals surface area contributed by atoms with Crippen LogP contribution in [0.15, 0.2) is 42.5 Å². The number of hydrogen-bond donors (Lipinski definition) is 0. The van der Waals surface area contributed by atoms with E-state index in [9.17, 15) is 14.4 Å². The molecule has 0 spiro atoms. The second kappa shape index (κ2) is 8.45. The largest absolute Gasteiger partial charge is 0.332 e. The first kappa shape index (κ1) is 21.9. The molecule has 0 saturated carbocycles. The van der Waals surface area contributed by atoms with E-state index in [4.69, 9.17) is 5.26 Å². The fourth-order valence-corrected chi connectivity index (χ4v) is 5.84. The summed E-state index contributed by atoms with van der Waals surface area (Å²) < 4.78 is 0.683. The molecule has 3 heterocycles. The first-order valence-corrected chi connectivity index (χ1v) is 12.3. The summed E-state index contributed by atoms with van der Waals surface area (Å²) in [5.41, 5.74) is 2.79. The number of hydrogen-bond acceptors (Lipinski definition) is 4. The molecule has 3 fully saturated rings. The van der Waals surface area contributed by atoms with Crippen LogP contribution in [-0.2, 0) is 11.2 Å². The van der Waals surface area contributed by atoms with E-state index in [1.165, 1.54) is 10.5 Å². The summed E-state index contributed by atoms with van der Waals surface area (Å²) in [7, 11) is 0. The van der Waals surface area contributed by atoms with Gasteiger partial charge in [-0.1, -0.05) is 25.5 Å². The van der Waals surface area contributed by atoms with E-state index < -0.39 is 6.04 Å². The molecule has 7 nitrogen and oxygen atoms in total. The van der Waals surface area contributed by atoms with E-state index in [1.807, 2.05) is 46.9 Å². The third-order valence-corrected chi connectivity index (χ3v) is 7.77. The maximum atomic E-state index is 13.4. The number of anilines is 1. The van der Waals surface area contributed by atoms with E-state index in [0.29, 0.717) is 33.4 Å². The number of fused-ring (bicyclic) bond motifs is 5. The van der Waals surface area contributed by atoms with Gasteiger partial charge in [0.05, 0.1) is 23.3 Å². The topological polar surface area (TPSA) is 84.7 Å². The van der Waals surface area contributed by atoms with Gasteiger partial charge in [-0.05, 0) is 77.7 Å². The van der Waals surface area contributed by atoms with Crippen molar-refractivity contribution in [1.82, 2.24) is 9.80 Å². The summed E-state index contributed by atoms with van der Waals surface area (Å²) in [6.07, 6.45) is 3.87. The number of imide groups is 1. The molecule has 0 radical (unpaired) electrons. The van der Waals surface area contributed by atoms with Crippen LogP contribution in [0.5, 0.6) is 0 Å². The third kappa shape index (κ3) is 3.50. The van der Waals surface area contributed by atoms with Crippen LogP contribution in [0.1, 0.15) is 47.7 Å². The Morgan fingerprint density at radius 3 is 2.61 bits per heavy atom. The molecule has 0 aromatic heterocycles. The first-order valence-electron chi connectivity index (χ1n) is 11.2. The number of aryl methyl sites for hydroxylation is 1. The van der Waals surface area contributed by atoms with Gasteiger partial charge in [0.2, 0.25) is 0 Å². The minimum atomic E-state index is -0.655. The molecule has 3 atom stereocenters. The molecule has 168 valence electrons. The highest BCUT2D eigenvalue weighted by molar-refractivity contribution is 14.1. The maximum absolute atomic E-state index is 13.4. The monoisotopic (exact) mass is 554 g/mol. The van der Waals surface area contributed by atoms with Gasteiger partial charge in [-0.15, -0.1) is 0 Å². The SMILES string of the molecule is CCCCc1ccc(C(=O)N2C[C@@H]3C[C@H]2[C@@H]2C(=O)N(c4ccc(C#N)c(I)c4)C(=O)N32)cc1. The number of urea groups is 1. The lowest BCUT2D eigenvalue weighted by Crippen LogP contribution is -2.54. The molecule has 0 unspecified atom stereocenters. The fourth-order valence-electron chi connectivity index (χ4n) is 5.22. The molecule has 3 aliphatic heterocycles. The summed E-state index contributed by atoms with van der Waals surface area (Å²) in [6.45, 7) is 2.59. The number of nitrogens with zero attached hydrogens (tertiary/aromatic N) is 4. The van der Waals surface area contributed by atoms with Crippen LogP contribution in [0, 0.1) is 14.9 Å². The number of piperazine rings is 1. The molecule has 3 aliphatic rings. The predicted molar refractivity (Wildman–Crippen MR) is 131 cm³/mol. The lowest BCUT2D eigenvalue weighted by molar-refractivity contribution is -0.121. The Kier molecular flexibility index (Phi) is 5.60. The quantitative estimate of drug-likeness (QED) is 0.414. The van der Waals surface area contributed by atoms with Gasteiger partial charge in [-0.2, -0.15) is 5.26 Å². The number of carbonyl (C=O) groups is 3. The summed E-state index contributed by atoms with van der Waals surface area (Å²) in [5.74, 6) is -0.392. The van der Waals surface area contributed by atoms with E-state index >= 15 is 0 Å². The van der Waals surface area contributed by atoms with Gasteiger partial charge in [-0.25, -0.2) is 9.69 Å². The second-order valence-electron chi connectivity index (χ2n) is 8.80. The van der Waals surface area contributed by atoms with Crippen LogP contribution in [0.3, 0.4) is 0 Å². The van der Waals surface area contributed by atoms with Gasteiger partial charge in [0.15, 0.2) is 0 Å². The standard InChI is InChI=1S/C25H23IN4O3/c1-2-3-4-15-5-7-16(8-6-15)23(31)28-14-19-12-21(28)22-24(32)30(25(33)29(19)22)18-10-9-17(13-27)20(26)11-18/h5-11,19,21-22H,2-4,12,14H2,1H3/t19-,21-,22+/m0/s1. The summed E-state index contributed by atoms with van der Waals surface area (Å²) in [4.78, 5) is 44.4. The van der Waals surface area contributed by atoms with Crippen molar-refractivity contribution in [2.24, 2.45) is 0 Å². The van der Waals surface area contributed by atoms with Crippen molar-refractivity contribution in [2.75, 3.05) is 11.4 Å². The molecule has 2 aromatic carbocycles. The normalized spacial score (nSPS) is 23.3. The number of amides is 4. The zero-order valence-corrected chi connectivity index (χ0v) is 20.4. The number of likely N-dealkylation sites (tertiary alicyclic amines) is 1. The molecular formula is C25H23IN4O3. The van der Waals surface area contributed by atoms with Crippen molar-refractivity contribution in [3.8, 4) is 6.07 Å². The molecule has 8 heteroatoms. The highest BCUT2D eigenvalue weighted by Gasteiger charge is 2.62. The van der Waals surface area contributed by atoms with Gasteiger partial charge in [0, 0.05) is 15.7 Å². The highest BCUT2D eigenvalue weighted by atomic mass is 127. The van der Waals surface area contributed by atoms with Crippen molar-refractivity contribution >= 4 is 46.1 Å². The van der Waals surface area contributed by atoms with Gasteiger partial charge < -0.3 is 9.80 Å². The molecule has 0 N–H and O–H groups in total. The van der Waals surface area contributed by atoms with Gasteiger partial charge >= 0.3 is 6.03 Å². The Balaban J connectivity index is 1.37. The lowest BCUT2D eigenvalue weighted by atomic mass is 10.0. The molecule has 0 aliphatic carbocycles. The smallest absolute Gasteiger partial charge is 0.331 e. The minimum absolute atomic E-state index is 0.0872. The average Bonchev–Trinajstić information content (AvgIpc) is 3.49. The Labute approximate surface area is 206 Å². The number of unbranched alkanes of at least 4 members (excludes halogenated alkanes) is 1. The van der Waals surface area contributed by atoms with Crippen LogP contribution >= 0.6 is 22.6 Å². The second-order valence-corrected chi connectivity index (χ2v) is 9.96. The third-order valence-electron chi connectivity index (χ3n) is 6.88. The molecule has 2 bridgehead atoms. The molecule has 2 aromatic rings. The van der Waals surface area contributed by atoms with Crippen LogP contribution in [-0.4, -0.2) is 52.3 Å². The van der Waals surface area contributed by atoms with Gasteiger partial charge in [-0.3, -0.25) is 9.59 Å². The van der Waals surface area contributed by atoms with Crippen LogP contribution in [0.25, 0.3) is 0 Å². The van der Waals surface area contributed by atoms with Crippen LogP contribution in [0.2, 0.25) is 0 Å². The summed E-state index contributed by atoms with van der Waals surface area (Å²) in [6, 6.07) is 13.3. The molecule has 5 rings (SSSR count). The zero-order valence-electron chi connectivity index (χ0n) is 18.2. The van der Waals surface area contributed by atoms with Crippen molar-refractivity contribution in [2.45, 2.75) is 50.7 Å². The van der Waals surface area contributed by atoms with Crippen LogP contribution in [0.4, 0.5) is 10.5 Å². The van der Waals surface area contributed by atoms with Crippen molar-refractivity contribution in [3.05, 3.63) is 62.7 Å². The molecular weight excluding hydrogens is 531 g/mol. The fraction of sp³-hybridized carbons (Fsp3) is 0.360. The Bertz CT molecular complexity index is 1190. The van der Waals surface area contributed by atoms with E-state index in [-0.39, 0.29) is 29.9 Å². The van der Waals surface area contributed by atoms with E-state index in [2.05, 4.69) is 13.0 Å². The van der Waals surface area contributed by atoms with Gasteiger partial charge in [0.1, 0.15) is 12.1 Å². The number of benzene rings is 2. The van der Waals surface area contributed by atoms with Crippen molar-refractivity contribution in [3.63, 3.8) is 0 Å². The van der Waals surface area contributed by atoms with Crippen molar-refractivity contribution in [1.29, 1.82) is 5.26 Å². The average molecular weight is 554 g/mol. The van der Waals surface area contributed by atoms with Crippen LogP contribution < -0.4 is 4.90 Å². The number of halogens is 1. The number of carbonyl (C=O) groups excluding carboxylic acids is 3. The van der Waals surface area contributed by atoms with E-state index in [1.54, 1.807) is 28.0 Å². The van der Waals surface area contributed by atoms with Gasteiger partial charge in [0.25, 0.3) is 11.8 Å². The molecule has 33 heavy (non-hydrogen) atoms. The maximum Gasteiger partial charge on any atom is 0.332 e. The first-order chi connectivity index (χ1) is 15.9. The zero-order chi connectivity index (χ0) is 23.3. The predicted octanol–water partition coefficient (Wildman–Crippen LogP) is 3.94. The lowest BCUT2D eigenvalue weighted by Gasteiger charge is -2.35. The Morgan fingerprint density at radius 1 is 1.18 bits per heavy atom.